The zero-order valence-corrected chi connectivity index (χ0v) is 53.7. The summed E-state index contributed by atoms with van der Waals surface area (Å²) < 4.78 is 29.4. The van der Waals surface area contributed by atoms with Crippen LogP contribution in [0.25, 0.3) is 0 Å². The zero-order chi connectivity index (χ0) is 64.0. The highest BCUT2D eigenvalue weighted by atomic mass is 32.2. The van der Waals surface area contributed by atoms with Gasteiger partial charge in [-0.2, -0.15) is 5.48 Å². The first-order valence-electron chi connectivity index (χ1n) is 25.2. The van der Waals surface area contributed by atoms with Crippen LogP contribution in [0.1, 0.15) is 104 Å². The number of thiol groups is 1. The van der Waals surface area contributed by atoms with Gasteiger partial charge in [0.2, 0.25) is 17.7 Å². The van der Waals surface area contributed by atoms with E-state index in [-0.39, 0.29) is 47.6 Å². The molecule has 0 aromatic carbocycles. The maximum Gasteiger partial charge on any atom is 0.408 e. The molecule has 0 radical (unpaired) electrons. The van der Waals surface area contributed by atoms with Crippen LogP contribution in [0.5, 0.6) is 0 Å². The van der Waals surface area contributed by atoms with Crippen molar-refractivity contribution >= 4 is 113 Å². The molecule has 6 amide bonds. The highest BCUT2D eigenvalue weighted by molar-refractivity contribution is 8.13. The molecule has 0 aromatic heterocycles. The Hall–Kier alpha value is -3.62. The Morgan fingerprint density at radius 2 is 0.852 bits per heavy atom. The van der Waals surface area contributed by atoms with Crippen LogP contribution in [-0.2, 0) is 60.4 Å². The number of nitrogens with one attached hydrogen (secondary N) is 7. The minimum Gasteiger partial charge on any atom is -0.480 e. The first kappa shape index (κ1) is 88.6. The predicted molar refractivity (Wildman–Crippen MR) is 317 cm³/mol. The fraction of sp³-hybridized carbons (Fsp3) is 0.809. The van der Waals surface area contributed by atoms with Crippen molar-refractivity contribution in [1.29, 1.82) is 0 Å². The number of thioether (sulfide) groups is 2. The third-order valence-electron chi connectivity index (χ3n) is 7.01. The van der Waals surface area contributed by atoms with Crippen LogP contribution >= 0.6 is 60.5 Å². The van der Waals surface area contributed by atoms with Gasteiger partial charge >= 0.3 is 24.2 Å². The number of carboxylic acids is 1. The molecule has 0 unspecified atom stereocenters. The summed E-state index contributed by atoms with van der Waals surface area (Å²) in [6, 6.07) is -3.66. The Morgan fingerprint density at radius 1 is 0.519 bits per heavy atom. The number of amides is 6. The molecular formula is C47H96N8O21S5. The van der Waals surface area contributed by atoms with Gasteiger partial charge in [0, 0.05) is 63.0 Å². The second kappa shape index (κ2) is 56.8. The van der Waals surface area contributed by atoms with Crippen molar-refractivity contribution in [3.05, 3.63) is 0 Å². The van der Waals surface area contributed by atoms with Crippen LogP contribution in [0, 0.1) is 0 Å². The molecule has 81 heavy (non-hydrogen) atoms. The molecule has 0 fully saturated rings. The standard InChI is InChI=1S/C14H26N2O5S2.C11H22N2O4S2.C10H20N2O5.C8H15NO5.C2H7NO.C2H6OS/c1-6-20-23-9-11(16-13(19)21-14(3,4)5)12(18)15-7-8-22-10(2)17;1-4-16-13-10(8-19-17-5-2)11(15)12-6-7-18-9(3)14;1-10(2,3)17-9(16)12-7(6-14)8(15)11-4-5-13;1-8(2,3)14-7(13)9-5(4-10)6(11)12;3-1-2-4;1-2-3-4/h11H,6-9H2,1-5H3,(H,15,18)(H,16,19);10,13H,4-8H2,1-3H3,(H,12,15);7,13-14H,4-6H2,1-3H3,(H,11,15)(H,12,16);5,10H,4H2,1-3H3,(H,9,13)(H,11,12);4H,1-3H2;4H,2H2,1H3/t11-;10-;7-;5-;;/m0000../s1. The number of hydroxylamine groups is 1. The number of carboxylic acid groups (broad SMARTS) is 1. The van der Waals surface area contributed by atoms with Gasteiger partial charge in [0.15, 0.2) is 16.3 Å². The van der Waals surface area contributed by atoms with Crippen molar-refractivity contribution < 1.29 is 100 Å². The van der Waals surface area contributed by atoms with E-state index in [1.165, 1.54) is 37.7 Å². The quantitative estimate of drug-likeness (QED) is 0.0160. The summed E-state index contributed by atoms with van der Waals surface area (Å²) in [7, 11) is 0. The lowest BCUT2D eigenvalue weighted by atomic mass is 10.2. The third kappa shape index (κ3) is 70.6. The van der Waals surface area contributed by atoms with Crippen LogP contribution in [0.2, 0.25) is 0 Å². The second-order valence-electron chi connectivity index (χ2n) is 18.0. The second-order valence-corrected chi connectivity index (χ2v) is 22.4. The van der Waals surface area contributed by atoms with Crippen molar-refractivity contribution in [1.82, 2.24) is 37.4 Å². The van der Waals surface area contributed by atoms with Crippen molar-refractivity contribution in [3.63, 3.8) is 0 Å². The molecule has 14 N–H and O–H groups in total. The Bertz CT molecular complexity index is 1680. The summed E-state index contributed by atoms with van der Waals surface area (Å²) in [5.74, 6) is -0.610. The summed E-state index contributed by atoms with van der Waals surface area (Å²) in [5, 5.41) is 56.9. The van der Waals surface area contributed by atoms with E-state index in [2.05, 4.69) is 49.2 Å². The van der Waals surface area contributed by atoms with E-state index in [1.54, 1.807) is 62.3 Å². The van der Waals surface area contributed by atoms with Gasteiger partial charge in [-0.1, -0.05) is 23.5 Å². The van der Waals surface area contributed by atoms with Gasteiger partial charge in [0.1, 0.15) is 34.9 Å². The molecule has 0 rings (SSSR count). The lowest BCUT2D eigenvalue weighted by molar-refractivity contribution is -0.140. The number of hydrogen-bond donors (Lipinski definition) is 14. The van der Waals surface area contributed by atoms with Gasteiger partial charge in [0.25, 0.3) is 0 Å². The molecule has 0 spiro atoms. The van der Waals surface area contributed by atoms with E-state index in [4.69, 9.17) is 58.7 Å². The Kier molecular flexibility index (Phi) is 62.2. The van der Waals surface area contributed by atoms with E-state index in [0.29, 0.717) is 63.3 Å². The number of aliphatic hydroxyl groups is 4. The number of carbonyl (C=O) groups is 9. The highest BCUT2D eigenvalue weighted by Crippen LogP contribution is 2.11. The van der Waals surface area contributed by atoms with Crippen molar-refractivity contribution in [2.24, 2.45) is 5.73 Å². The average molecular weight is 1270 g/mol. The number of nitrogens with two attached hydrogens (primary N) is 1. The minimum atomic E-state index is -1.33. The number of aliphatic carboxylic acids is 1. The number of carbonyl (C=O) groups excluding carboxylic acids is 8. The fourth-order valence-electron chi connectivity index (χ4n) is 3.94. The zero-order valence-electron chi connectivity index (χ0n) is 49.5. The number of ether oxygens (including phenoxy) is 3. The van der Waals surface area contributed by atoms with Gasteiger partial charge in [-0.3, -0.25) is 24.0 Å². The first-order valence-corrected chi connectivity index (χ1v) is 29.4. The van der Waals surface area contributed by atoms with E-state index in [1.807, 2.05) is 33.0 Å². The molecule has 480 valence electrons. The number of rotatable bonds is 30. The van der Waals surface area contributed by atoms with Crippen LogP contribution in [0.4, 0.5) is 14.4 Å². The van der Waals surface area contributed by atoms with Crippen molar-refractivity contribution in [3.8, 4) is 0 Å². The van der Waals surface area contributed by atoms with Gasteiger partial charge in [-0.15, -0.1) is 0 Å². The molecule has 0 aromatic rings. The predicted octanol–water partition coefficient (Wildman–Crippen LogP) is 1.68. The molecule has 0 aliphatic carbocycles. The molecule has 4 atom stereocenters. The minimum absolute atomic E-state index is 0.00502. The van der Waals surface area contributed by atoms with Crippen LogP contribution < -0.4 is 43.1 Å². The molecule has 0 bridgehead atoms. The summed E-state index contributed by atoms with van der Waals surface area (Å²) in [6.45, 7) is 27.8. The summed E-state index contributed by atoms with van der Waals surface area (Å²) in [4.78, 5) is 107. The van der Waals surface area contributed by atoms with E-state index < -0.39 is 84.3 Å². The molecule has 0 heterocycles. The number of hydrogen-bond acceptors (Lipinski definition) is 27. The Morgan fingerprint density at radius 3 is 1.15 bits per heavy atom. The maximum absolute atomic E-state index is 12.1. The molecule has 34 heteroatoms. The molecular weight excluding hydrogens is 1170 g/mol. The van der Waals surface area contributed by atoms with Gasteiger partial charge in [-0.25, -0.2) is 19.2 Å². The smallest absolute Gasteiger partial charge is 0.408 e. The van der Waals surface area contributed by atoms with Gasteiger partial charge < -0.3 is 94.8 Å². The van der Waals surface area contributed by atoms with E-state index in [9.17, 15) is 43.2 Å². The summed E-state index contributed by atoms with van der Waals surface area (Å²) in [6.07, 6.45) is -2.30. The molecule has 29 nitrogen and oxygen atoms in total. The van der Waals surface area contributed by atoms with Gasteiger partial charge in [-0.05, 0) is 127 Å². The lowest BCUT2D eigenvalue weighted by Gasteiger charge is -2.23. The Balaban J connectivity index is -0.000000223. The normalized spacial score (nSPS) is 12.1. The monoisotopic (exact) mass is 1270 g/mol. The first-order chi connectivity index (χ1) is 37.6. The Labute approximate surface area is 500 Å². The topological polar surface area (TPSA) is 430 Å². The van der Waals surface area contributed by atoms with E-state index in [0.717, 1.165) is 23.8 Å². The van der Waals surface area contributed by atoms with Crippen molar-refractivity contribution in [2.45, 2.75) is 145 Å². The third-order valence-corrected chi connectivity index (χ3v) is 10.6. The van der Waals surface area contributed by atoms with E-state index >= 15 is 0 Å². The molecule has 0 aliphatic rings. The molecule has 0 aliphatic heterocycles. The summed E-state index contributed by atoms with van der Waals surface area (Å²) >= 11 is 8.07. The average Bonchev–Trinajstić information content (AvgIpc) is 3.36. The molecule has 0 saturated heterocycles. The molecule has 0 saturated carbocycles. The fourth-order valence-corrected chi connectivity index (χ4v) is 6.18. The van der Waals surface area contributed by atoms with Crippen LogP contribution in [-0.4, -0.2) is 221 Å². The lowest BCUT2D eigenvalue weighted by Crippen LogP contribution is -2.50. The number of alkyl carbamates (subject to hydrolysis) is 3. The maximum atomic E-state index is 12.1. The largest absolute Gasteiger partial charge is 0.480 e. The van der Waals surface area contributed by atoms with Crippen LogP contribution in [0.3, 0.4) is 0 Å². The van der Waals surface area contributed by atoms with Gasteiger partial charge in [0.05, 0.1) is 52.9 Å². The summed E-state index contributed by atoms with van der Waals surface area (Å²) in [5.41, 5.74) is 5.46. The highest BCUT2D eigenvalue weighted by Gasteiger charge is 2.26. The van der Waals surface area contributed by atoms with Crippen molar-refractivity contribution in [2.75, 3.05) is 102 Å². The number of aliphatic hydroxyl groups excluding tert-OH is 4. The van der Waals surface area contributed by atoms with Crippen LogP contribution in [0.15, 0.2) is 0 Å². The SMILES string of the molecule is CC(C)(C)OC(=O)N[C@@H](CO)C(=O)NCCO.CC(C)(C)OC(=O)N[C@@H](CO)C(=O)O.CCON[C@@H](CSOCC)C(=O)NCCSC(C)=O.CCOS.CCOSC[C@H](NC(=O)OC(C)(C)C)C(=O)NCCSC(C)=O.NCCO.